The predicted molar refractivity (Wildman–Crippen MR) is 58.3 cm³/mol. The van der Waals surface area contributed by atoms with E-state index in [0.29, 0.717) is 19.6 Å². The Labute approximate surface area is 89.5 Å². The van der Waals surface area contributed by atoms with Crippen LogP contribution in [0.3, 0.4) is 0 Å². The van der Waals surface area contributed by atoms with Crippen LogP contribution in [0.15, 0.2) is 4.99 Å². The normalized spacial score (nSPS) is 12.0. The molecule has 0 radical (unpaired) electrons. The molecular formula is C9H16N2O2S. The van der Waals surface area contributed by atoms with Gasteiger partial charge in [-0.2, -0.15) is 0 Å². The molecule has 0 fully saturated rings. The molecule has 0 unspecified atom stereocenters. The molecule has 0 aliphatic carbocycles. The van der Waals surface area contributed by atoms with Crippen LogP contribution in [0.5, 0.6) is 0 Å². The number of rotatable bonds is 6. The standard InChI is InChI=1S/C9H16N2O2S/c1-7(2)8(10)9(12)13-5-3-4-11-6-14/h7-8H,3-5,10H2,1-2H3/t8-/m0/s1. The van der Waals surface area contributed by atoms with E-state index in [1.165, 1.54) is 0 Å². The summed E-state index contributed by atoms with van der Waals surface area (Å²) in [5, 5.41) is 2.24. The number of hydrogen-bond acceptors (Lipinski definition) is 5. The fourth-order valence-electron chi connectivity index (χ4n) is 0.730. The van der Waals surface area contributed by atoms with Gasteiger partial charge in [0.15, 0.2) is 0 Å². The number of isothiocyanates is 1. The molecule has 1 atom stereocenters. The summed E-state index contributed by atoms with van der Waals surface area (Å²) in [5.41, 5.74) is 5.57. The van der Waals surface area contributed by atoms with Gasteiger partial charge < -0.3 is 10.5 Å². The molecule has 2 N–H and O–H groups in total. The van der Waals surface area contributed by atoms with E-state index in [0.717, 1.165) is 0 Å². The highest BCUT2D eigenvalue weighted by Gasteiger charge is 2.18. The van der Waals surface area contributed by atoms with Crippen LogP contribution in [0.2, 0.25) is 0 Å². The highest BCUT2D eigenvalue weighted by Crippen LogP contribution is 2.00. The van der Waals surface area contributed by atoms with Gasteiger partial charge in [-0.1, -0.05) is 13.8 Å². The first kappa shape index (κ1) is 13.2. The number of carbonyl (C=O) groups excluding carboxylic acids is 1. The van der Waals surface area contributed by atoms with E-state index in [1.54, 1.807) is 0 Å². The lowest BCUT2D eigenvalue weighted by Gasteiger charge is -2.13. The lowest BCUT2D eigenvalue weighted by atomic mass is 10.1. The van der Waals surface area contributed by atoms with Crippen LogP contribution in [0.1, 0.15) is 20.3 Å². The van der Waals surface area contributed by atoms with Gasteiger partial charge in [0, 0.05) is 6.42 Å². The Balaban J connectivity index is 3.58. The van der Waals surface area contributed by atoms with E-state index in [-0.39, 0.29) is 11.9 Å². The Kier molecular flexibility index (Phi) is 7.20. The number of nitrogens with two attached hydrogens (primary N) is 1. The van der Waals surface area contributed by atoms with Crippen molar-refractivity contribution in [3.63, 3.8) is 0 Å². The first-order valence-corrected chi connectivity index (χ1v) is 4.96. The first-order valence-electron chi connectivity index (χ1n) is 4.55. The van der Waals surface area contributed by atoms with E-state index < -0.39 is 6.04 Å². The first-order chi connectivity index (χ1) is 6.59. The topological polar surface area (TPSA) is 64.7 Å². The van der Waals surface area contributed by atoms with Crippen molar-refractivity contribution in [1.29, 1.82) is 0 Å². The summed E-state index contributed by atoms with van der Waals surface area (Å²) < 4.78 is 4.93. The van der Waals surface area contributed by atoms with E-state index >= 15 is 0 Å². The molecule has 0 aliphatic rings. The average molecular weight is 216 g/mol. The molecule has 0 amide bonds. The monoisotopic (exact) mass is 216 g/mol. The third kappa shape index (κ3) is 5.80. The molecule has 0 aromatic heterocycles. The van der Waals surface area contributed by atoms with Crippen molar-refractivity contribution in [1.82, 2.24) is 0 Å². The Morgan fingerprint density at radius 2 is 2.29 bits per heavy atom. The molecule has 0 heterocycles. The van der Waals surface area contributed by atoms with Crippen molar-refractivity contribution >= 4 is 23.3 Å². The van der Waals surface area contributed by atoms with Crippen LogP contribution >= 0.6 is 12.2 Å². The molecule has 4 nitrogen and oxygen atoms in total. The SMILES string of the molecule is CC(C)[C@H](N)C(=O)OCCCN=C=S. The summed E-state index contributed by atoms with van der Waals surface area (Å²) in [4.78, 5) is 14.9. The summed E-state index contributed by atoms with van der Waals surface area (Å²) in [7, 11) is 0. The third-order valence-corrected chi connectivity index (χ3v) is 1.84. The summed E-state index contributed by atoms with van der Waals surface area (Å²) in [6, 6.07) is -0.538. The maximum absolute atomic E-state index is 11.2. The molecule has 5 heteroatoms. The molecule has 0 spiro atoms. The number of esters is 1. The van der Waals surface area contributed by atoms with Crippen LogP contribution in [0.25, 0.3) is 0 Å². The van der Waals surface area contributed by atoms with E-state index in [2.05, 4.69) is 22.4 Å². The molecule has 0 aromatic carbocycles. The van der Waals surface area contributed by atoms with Gasteiger partial charge in [0.25, 0.3) is 0 Å². The van der Waals surface area contributed by atoms with E-state index in [1.807, 2.05) is 13.8 Å². The van der Waals surface area contributed by atoms with Crippen molar-refractivity contribution in [2.75, 3.05) is 13.2 Å². The molecule has 0 rings (SSSR count). The van der Waals surface area contributed by atoms with E-state index in [4.69, 9.17) is 10.5 Å². The number of ether oxygens (including phenoxy) is 1. The van der Waals surface area contributed by atoms with Gasteiger partial charge in [0.1, 0.15) is 6.04 Å². The average Bonchev–Trinajstić information content (AvgIpc) is 2.16. The van der Waals surface area contributed by atoms with Gasteiger partial charge in [-0.15, -0.1) is 0 Å². The highest BCUT2D eigenvalue weighted by atomic mass is 32.1. The van der Waals surface area contributed by atoms with Gasteiger partial charge in [-0.05, 0) is 18.1 Å². The second-order valence-corrected chi connectivity index (χ2v) is 3.45. The smallest absolute Gasteiger partial charge is 0.323 e. The van der Waals surface area contributed by atoms with Gasteiger partial charge in [-0.3, -0.25) is 4.79 Å². The van der Waals surface area contributed by atoms with Crippen LogP contribution in [-0.2, 0) is 9.53 Å². The zero-order chi connectivity index (χ0) is 11.0. The number of nitrogens with zero attached hydrogens (tertiary/aromatic N) is 1. The van der Waals surface area contributed by atoms with Crippen LogP contribution in [0.4, 0.5) is 0 Å². The second kappa shape index (κ2) is 7.62. The second-order valence-electron chi connectivity index (χ2n) is 3.26. The fourth-order valence-corrected chi connectivity index (χ4v) is 0.822. The minimum Gasteiger partial charge on any atom is -0.464 e. The Hall–Kier alpha value is -0.770. The van der Waals surface area contributed by atoms with Crippen molar-refractivity contribution in [3.05, 3.63) is 0 Å². The van der Waals surface area contributed by atoms with Crippen molar-refractivity contribution in [2.24, 2.45) is 16.6 Å². The molecule has 14 heavy (non-hydrogen) atoms. The fraction of sp³-hybridized carbons (Fsp3) is 0.778. The minimum atomic E-state index is -0.538. The van der Waals surface area contributed by atoms with Crippen molar-refractivity contribution < 1.29 is 9.53 Å². The zero-order valence-corrected chi connectivity index (χ0v) is 9.34. The Morgan fingerprint density at radius 3 is 2.79 bits per heavy atom. The summed E-state index contributed by atoms with van der Waals surface area (Å²) in [6.45, 7) is 4.62. The van der Waals surface area contributed by atoms with Crippen molar-refractivity contribution in [3.8, 4) is 0 Å². The summed E-state index contributed by atoms with van der Waals surface area (Å²) in [6.07, 6.45) is 0.653. The molecule has 0 aliphatic heterocycles. The lowest BCUT2D eigenvalue weighted by Crippen LogP contribution is -2.37. The molecule has 0 bridgehead atoms. The molecule has 0 aromatic rings. The van der Waals surface area contributed by atoms with E-state index in [9.17, 15) is 4.79 Å². The highest BCUT2D eigenvalue weighted by molar-refractivity contribution is 7.78. The number of thiocarbonyl (C=S) groups is 1. The number of aliphatic imine (C=N–C) groups is 1. The largest absolute Gasteiger partial charge is 0.464 e. The zero-order valence-electron chi connectivity index (χ0n) is 8.53. The molecule has 80 valence electrons. The molecule has 0 saturated carbocycles. The molecular weight excluding hydrogens is 200 g/mol. The quantitative estimate of drug-likeness (QED) is 0.311. The van der Waals surface area contributed by atoms with Gasteiger partial charge in [0.05, 0.1) is 18.3 Å². The maximum Gasteiger partial charge on any atom is 0.323 e. The Morgan fingerprint density at radius 1 is 1.64 bits per heavy atom. The minimum absolute atomic E-state index is 0.0986. The van der Waals surface area contributed by atoms with Gasteiger partial charge >= 0.3 is 5.97 Å². The van der Waals surface area contributed by atoms with Gasteiger partial charge in [0.2, 0.25) is 0 Å². The summed E-state index contributed by atoms with van der Waals surface area (Å²) >= 11 is 4.38. The molecule has 0 saturated heterocycles. The maximum atomic E-state index is 11.2. The van der Waals surface area contributed by atoms with Crippen LogP contribution < -0.4 is 5.73 Å². The van der Waals surface area contributed by atoms with Crippen LogP contribution in [0, 0.1) is 5.92 Å². The predicted octanol–water partition coefficient (Wildman–Crippen LogP) is 1.01. The van der Waals surface area contributed by atoms with Crippen LogP contribution in [-0.4, -0.2) is 30.3 Å². The lowest BCUT2D eigenvalue weighted by molar-refractivity contribution is -0.146. The number of hydrogen-bond donors (Lipinski definition) is 1. The van der Waals surface area contributed by atoms with Gasteiger partial charge in [-0.25, -0.2) is 4.99 Å². The Bertz CT molecular complexity index is 225. The number of carbonyl (C=O) groups is 1. The van der Waals surface area contributed by atoms with Crippen molar-refractivity contribution in [2.45, 2.75) is 26.3 Å². The third-order valence-electron chi connectivity index (χ3n) is 1.71. The summed E-state index contributed by atoms with van der Waals surface area (Å²) in [5.74, 6) is -0.257.